The highest BCUT2D eigenvalue weighted by atomic mass is 31.0. The number of nitrogens with two attached hydrogens (primary N) is 1. The second-order valence-corrected chi connectivity index (χ2v) is 8.23. The Morgan fingerprint density at radius 1 is 1.23 bits per heavy atom. The van der Waals surface area contributed by atoms with Gasteiger partial charge in [0.05, 0.1) is 12.6 Å². The summed E-state index contributed by atoms with van der Waals surface area (Å²) < 4.78 is 0. The van der Waals surface area contributed by atoms with Gasteiger partial charge < -0.3 is 10.6 Å². The van der Waals surface area contributed by atoms with E-state index in [0.29, 0.717) is 38.5 Å². The summed E-state index contributed by atoms with van der Waals surface area (Å²) in [5.41, 5.74) is 7.44. The van der Waals surface area contributed by atoms with E-state index in [9.17, 15) is 9.59 Å². The molecular formula is C20H25N6O3P. The molecule has 2 fully saturated rings. The number of pyridine rings is 1. The predicted octanol–water partition coefficient (Wildman–Crippen LogP) is 0.901. The SMILES string of the molecule is Cc1ncc([C@@H]2CCON2C(=O)C2CCN(c3nccc(C(N)=O)n3)CC2)cc1P. The van der Waals surface area contributed by atoms with Gasteiger partial charge in [-0.2, -0.15) is 0 Å². The number of aromatic nitrogens is 3. The molecule has 2 aliphatic rings. The van der Waals surface area contributed by atoms with E-state index in [1.165, 1.54) is 12.3 Å². The van der Waals surface area contributed by atoms with Crippen LogP contribution in [0.5, 0.6) is 0 Å². The number of hydroxylamine groups is 2. The Balaban J connectivity index is 1.42. The lowest BCUT2D eigenvalue weighted by atomic mass is 9.95. The molecule has 0 aromatic carbocycles. The Morgan fingerprint density at radius 2 is 2.00 bits per heavy atom. The van der Waals surface area contributed by atoms with Crippen molar-refractivity contribution in [1.29, 1.82) is 0 Å². The van der Waals surface area contributed by atoms with Crippen molar-refractivity contribution in [3.05, 3.63) is 41.5 Å². The fourth-order valence-corrected chi connectivity index (χ4v) is 4.15. The minimum atomic E-state index is -0.583. The van der Waals surface area contributed by atoms with Crippen molar-refractivity contribution in [2.24, 2.45) is 11.7 Å². The minimum absolute atomic E-state index is 0.00911. The Hall–Kier alpha value is -2.64. The summed E-state index contributed by atoms with van der Waals surface area (Å²) in [6.07, 6.45) is 5.44. The molecule has 2 atom stereocenters. The topological polar surface area (TPSA) is 115 Å². The molecule has 10 heteroatoms. The third-order valence-electron chi connectivity index (χ3n) is 5.68. The fraction of sp³-hybridized carbons (Fsp3) is 0.450. The normalized spacial score (nSPS) is 19.9. The summed E-state index contributed by atoms with van der Waals surface area (Å²) in [5.74, 6) is -0.240. The van der Waals surface area contributed by atoms with Crippen molar-refractivity contribution >= 4 is 32.3 Å². The van der Waals surface area contributed by atoms with Gasteiger partial charge in [0.1, 0.15) is 5.69 Å². The van der Waals surface area contributed by atoms with Gasteiger partial charge in [0.2, 0.25) is 11.9 Å². The Morgan fingerprint density at radius 3 is 2.70 bits per heavy atom. The second-order valence-electron chi connectivity index (χ2n) is 7.61. The molecular weight excluding hydrogens is 403 g/mol. The van der Waals surface area contributed by atoms with Gasteiger partial charge in [0.15, 0.2) is 0 Å². The quantitative estimate of drug-likeness (QED) is 0.720. The molecule has 2 amide bonds. The second kappa shape index (κ2) is 8.62. The zero-order valence-electron chi connectivity index (χ0n) is 16.8. The smallest absolute Gasteiger partial charge is 0.267 e. The molecule has 0 bridgehead atoms. The van der Waals surface area contributed by atoms with Gasteiger partial charge in [0.25, 0.3) is 5.91 Å². The minimum Gasteiger partial charge on any atom is -0.364 e. The molecule has 0 radical (unpaired) electrons. The molecule has 158 valence electrons. The van der Waals surface area contributed by atoms with E-state index in [1.54, 1.807) is 5.06 Å². The molecule has 2 aromatic heterocycles. The molecule has 2 N–H and O–H groups in total. The predicted molar refractivity (Wildman–Crippen MR) is 114 cm³/mol. The zero-order valence-corrected chi connectivity index (χ0v) is 18.0. The van der Waals surface area contributed by atoms with E-state index in [0.717, 1.165) is 23.0 Å². The summed E-state index contributed by atoms with van der Waals surface area (Å²) >= 11 is 0. The number of primary amides is 1. The van der Waals surface area contributed by atoms with E-state index in [4.69, 9.17) is 10.6 Å². The zero-order chi connectivity index (χ0) is 21.3. The van der Waals surface area contributed by atoms with Gasteiger partial charge in [0, 0.05) is 43.5 Å². The van der Waals surface area contributed by atoms with Crippen molar-refractivity contribution in [3.63, 3.8) is 0 Å². The molecule has 0 spiro atoms. The molecule has 0 aliphatic carbocycles. The van der Waals surface area contributed by atoms with Gasteiger partial charge in [-0.3, -0.25) is 19.4 Å². The van der Waals surface area contributed by atoms with E-state index in [2.05, 4.69) is 30.3 Å². The Bertz CT molecular complexity index is 963. The number of amides is 2. The van der Waals surface area contributed by atoms with Gasteiger partial charge in [-0.15, -0.1) is 9.24 Å². The summed E-state index contributed by atoms with van der Waals surface area (Å²) in [6, 6.07) is 3.43. The third kappa shape index (κ3) is 4.13. The average molecular weight is 428 g/mol. The van der Waals surface area contributed by atoms with E-state index < -0.39 is 5.91 Å². The summed E-state index contributed by atoms with van der Waals surface area (Å²) in [4.78, 5) is 45.1. The van der Waals surface area contributed by atoms with Crippen LogP contribution in [0, 0.1) is 12.8 Å². The number of rotatable bonds is 4. The summed E-state index contributed by atoms with van der Waals surface area (Å²) in [7, 11) is 2.69. The van der Waals surface area contributed by atoms with Crippen LogP contribution < -0.4 is 15.9 Å². The maximum atomic E-state index is 13.2. The van der Waals surface area contributed by atoms with Crippen LogP contribution in [0.1, 0.15) is 47.1 Å². The van der Waals surface area contributed by atoms with Gasteiger partial charge in [-0.1, -0.05) is 0 Å². The Kier molecular flexibility index (Phi) is 5.92. The molecule has 9 nitrogen and oxygen atoms in total. The highest BCUT2D eigenvalue weighted by Gasteiger charge is 2.37. The number of piperidine rings is 1. The number of anilines is 1. The standard InChI is InChI=1S/C20H25N6O3P/c1-12-17(30)10-14(11-23-12)16-5-9-29-26(16)19(28)13-3-7-25(8-4-13)20-22-6-2-15(24-20)18(21)27/h2,6,10-11,13,16H,3-5,7-9,30H2,1H3,(H2,21,27)/t16-/m0/s1. The number of carbonyl (C=O) groups is 2. The maximum Gasteiger partial charge on any atom is 0.267 e. The summed E-state index contributed by atoms with van der Waals surface area (Å²) in [5, 5.41) is 2.57. The van der Waals surface area contributed by atoms with Crippen molar-refractivity contribution in [1.82, 2.24) is 20.0 Å². The first-order chi connectivity index (χ1) is 14.4. The Labute approximate surface area is 177 Å². The van der Waals surface area contributed by atoms with Crippen LogP contribution in [0.3, 0.4) is 0 Å². The van der Waals surface area contributed by atoms with Crippen LogP contribution in [0.25, 0.3) is 0 Å². The highest BCUT2D eigenvalue weighted by molar-refractivity contribution is 7.27. The van der Waals surface area contributed by atoms with E-state index in [1.807, 2.05) is 18.0 Å². The molecule has 2 saturated heterocycles. The summed E-state index contributed by atoms with van der Waals surface area (Å²) in [6.45, 7) is 3.72. The molecule has 2 aliphatic heterocycles. The van der Waals surface area contributed by atoms with Crippen LogP contribution in [-0.2, 0) is 9.63 Å². The number of hydrogen-bond acceptors (Lipinski definition) is 7. The van der Waals surface area contributed by atoms with E-state index in [-0.39, 0.29) is 23.6 Å². The number of nitrogens with zero attached hydrogens (tertiary/aromatic N) is 5. The first-order valence-electron chi connectivity index (χ1n) is 10.00. The van der Waals surface area contributed by atoms with Crippen LogP contribution in [0.2, 0.25) is 0 Å². The average Bonchev–Trinajstić information content (AvgIpc) is 3.25. The maximum absolute atomic E-state index is 13.2. The lowest BCUT2D eigenvalue weighted by Gasteiger charge is -2.34. The number of carbonyl (C=O) groups excluding carboxylic acids is 2. The largest absolute Gasteiger partial charge is 0.364 e. The molecule has 0 saturated carbocycles. The monoisotopic (exact) mass is 428 g/mol. The lowest BCUT2D eigenvalue weighted by Crippen LogP contribution is -2.42. The van der Waals surface area contributed by atoms with E-state index >= 15 is 0 Å². The first kappa shape index (κ1) is 20.6. The molecule has 4 heterocycles. The first-order valence-corrected chi connectivity index (χ1v) is 10.6. The molecule has 4 rings (SSSR count). The van der Waals surface area contributed by atoms with Crippen LogP contribution >= 0.6 is 9.24 Å². The van der Waals surface area contributed by atoms with Gasteiger partial charge >= 0.3 is 0 Å². The molecule has 1 unspecified atom stereocenters. The number of hydrogen-bond donors (Lipinski definition) is 1. The van der Waals surface area contributed by atoms with Crippen molar-refractivity contribution < 1.29 is 14.4 Å². The number of aryl methyl sites for hydroxylation is 1. The van der Waals surface area contributed by atoms with Crippen LogP contribution in [0.15, 0.2) is 24.5 Å². The third-order valence-corrected chi connectivity index (χ3v) is 6.26. The fourth-order valence-electron chi connectivity index (χ4n) is 3.88. The van der Waals surface area contributed by atoms with Crippen molar-refractivity contribution in [3.8, 4) is 0 Å². The lowest BCUT2D eigenvalue weighted by molar-refractivity contribution is -0.182. The van der Waals surface area contributed by atoms with Crippen molar-refractivity contribution in [2.45, 2.75) is 32.2 Å². The van der Waals surface area contributed by atoms with Crippen LogP contribution in [-0.4, -0.2) is 51.5 Å². The molecule has 2 aromatic rings. The van der Waals surface area contributed by atoms with Crippen LogP contribution in [0.4, 0.5) is 5.95 Å². The van der Waals surface area contributed by atoms with Crippen molar-refractivity contribution in [2.75, 3.05) is 24.6 Å². The van der Waals surface area contributed by atoms with Gasteiger partial charge in [-0.05, 0) is 42.8 Å². The van der Waals surface area contributed by atoms with Gasteiger partial charge in [-0.25, -0.2) is 15.0 Å². The highest BCUT2D eigenvalue weighted by Crippen LogP contribution is 2.33. The molecule has 30 heavy (non-hydrogen) atoms.